The summed E-state index contributed by atoms with van der Waals surface area (Å²) < 4.78 is 1.49. The van der Waals surface area contributed by atoms with E-state index < -0.39 is 11.5 Å². The molecule has 0 saturated carbocycles. The number of aromatic nitrogens is 1. The van der Waals surface area contributed by atoms with Gasteiger partial charge in [-0.3, -0.25) is 9.59 Å². The van der Waals surface area contributed by atoms with E-state index in [9.17, 15) is 14.7 Å². The molecule has 26 heavy (non-hydrogen) atoms. The molecule has 1 heterocycles. The van der Waals surface area contributed by atoms with Gasteiger partial charge in [0, 0.05) is 11.9 Å². The number of aromatic hydroxyl groups is 1. The van der Waals surface area contributed by atoms with Crippen molar-refractivity contribution in [3.63, 3.8) is 0 Å². The SMILES string of the molecule is CCCn1c(=O)c(C(=O)Nc2cccc(Cl)c2Cl)c(O)c2ccccc21. The minimum Gasteiger partial charge on any atom is -0.506 e. The highest BCUT2D eigenvalue weighted by atomic mass is 35.5. The van der Waals surface area contributed by atoms with E-state index in [0.717, 1.165) is 0 Å². The Morgan fingerprint density at radius 1 is 1.15 bits per heavy atom. The molecule has 0 aliphatic rings. The van der Waals surface area contributed by atoms with Gasteiger partial charge in [-0.15, -0.1) is 0 Å². The number of nitrogens with one attached hydrogen (secondary N) is 1. The normalized spacial score (nSPS) is 10.9. The molecule has 2 N–H and O–H groups in total. The number of pyridine rings is 1. The van der Waals surface area contributed by atoms with Crippen LogP contribution in [0.1, 0.15) is 23.7 Å². The second-order valence-corrected chi connectivity index (χ2v) is 6.54. The zero-order valence-corrected chi connectivity index (χ0v) is 15.4. The maximum absolute atomic E-state index is 12.9. The second-order valence-electron chi connectivity index (χ2n) is 5.75. The smallest absolute Gasteiger partial charge is 0.267 e. The van der Waals surface area contributed by atoms with Gasteiger partial charge in [0.15, 0.2) is 0 Å². The van der Waals surface area contributed by atoms with Crippen LogP contribution < -0.4 is 10.9 Å². The zero-order chi connectivity index (χ0) is 18.8. The van der Waals surface area contributed by atoms with Crippen LogP contribution in [0.2, 0.25) is 10.0 Å². The lowest BCUT2D eigenvalue weighted by molar-refractivity contribution is 0.102. The number of nitrogens with zero attached hydrogens (tertiary/aromatic N) is 1. The molecule has 0 atom stereocenters. The third-order valence-corrected chi connectivity index (χ3v) is 4.84. The Kier molecular flexibility index (Phi) is 5.20. The number of para-hydroxylation sites is 1. The van der Waals surface area contributed by atoms with Crippen LogP contribution in [0.3, 0.4) is 0 Å². The Balaban J connectivity index is 2.16. The largest absolute Gasteiger partial charge is 0.506 e. The molecule has 3 rings (SSSR count). The van der Waals surface area contributed by atoms with E-state index in [0.29, 0.717) is 23.9 Å². The van der Waals surface area contributed by atoms with Gasteiger partial charge in [0.1, 0.15) is 11.3 Å². The van der Waals surface area contributed by atoms with Gasteiger partial charge in [-0.05, 0) is 30.7 Å². The van der Waals surface area contributed by atoms with E-state index in [-0.39, 0.29) is 27.0 Å². The molecular weight excluding hydrogens is 375 g/mol. The van der Waals surface area contributed by atoms with Crippen molar-refractivity contribution in [1.29, 1.82) is 0 Å². The van der Waals surface area contributed by atoms with Crippen molar-refractivity contribution in [2.45, 2.75) is 19.9 Å². The van der Waals surface area contributed by atoms with E-state index >= 15 is 0 Å². The zero-order valence-electron chi connectivity index (χ0n) is 13.9. The van der Waals surface area contributed by atoms with Crippen LogP contribution in [0.4, 0.5) is 5.69 Å². The number of aryl methyl sites for hydroxylation is 1. The fourth-order valence-corrected chi connectivity index (χ4v) is 3.17. The predicted molar refractivity (Wildman–Crippen MR) is 105 cm³/mol. The summed E-state index contributed by atoms with van der Waals surface area (Å²) in [6, 6.07) is 11.7. The average molecular weight is 391 g/mol. The standard InChI is InChI=1S/C19H16Cl2N2O3/c1-2-10-23-14-9-4-3-6-11(14)17(24)15(19(23)26)18(25)22-13-8-5-7-12(20)16(13)21/h3-9,24H,2,10H2,1H3,(H,22,25). The second kappa shape index (κ2) is 7.40. The quantitative estimate of drug-likeness (QED) is 0.679. The molecule has 0 radical (unpaired) electrons. The van der Waals surface area contributed by atoms with Crippen molar-refractivity contribution in [1.82, 2.24) is 4.57 Å². The average Bonchev–Trinajstić information content (AvgIpc) is 2.62. The van der Waals surface area contributed by atoms with E-state index in [1.807, 2.05) is 6.92 Å². The summed E-state index contributed by atoms with van der Waals surface area (Å²) in [5.74, 6) is -1.10. The van der Waals surface area contributed by atoms with Gasteiger partial charge in [0.25, 0.3) is 11.5 Å². The van der Waals surface area contributed by atoms with Gasteiger partial charge in [0.2, 0.25) is 0 Å². The third kappa shape index (κ3) is 3.16. The summed E-state index contributed by atoms with van der Waals surface area (Å²) in [5, 5.41) is 14.0. The molecule has 0 fully saturated rings. The Morgan fingerprint density at radius 3 is 2.62 bits per heavy atom. The van der Waals surface area contributed by atoms with Crippen molar-refractivity contribution in [3.05, 3.63) is 68.4 Å². The lowest BCUT2D eigenvalue weighted by Crippen LogP contribution is -2.29. The summed E-state index contributed by atoms with van der Waals surface area (Å²) in [5.41, 5.74) is -0.0424. The first-order chi connectivity index (χ1) is 12.5. The molecule has 0 bridgehead atoms. The molecule has 5 nitrogen and oxygen atoms in total. The number of benzene rings is 2. The highest BCUT2D eigenvalue weighted by Gasteiger charge is 2.22. The van der Waals surface area contributed by atoms with Crippen LogP contribution in [0.15, 0.2) is 47.3 Å². The Morgan fingerprint density at radius 2 is 1.88 bits per heavy atom. The molecule has 1 aromatic heterocycles. The molecule has 3 aromatic rings. The first-order valence-electron chi connectivity index (χ1n) is 8.05. The fraction of sp³-hybridized carbons (Fsp3) is 0.158. The van der Waals surface area contributed by atoms with Crippen LogP contribution in [-0.2, 0) is 6.54 Å². The monoisotopic (exact) mass is 390 g/mol. The van der Waals surface area contributed by atoms with Crippen LogP contribution in [-0.4, -0.2) is 15.6 Å². The van der Waals surface area contributed by atoms with E-state index in [1.165, 1.54) is 4.57 Å². The lowest BCUT2D eigenvalue weighted by atomic mass is 10.1. The van der Waals surface area contributed by atoms with Crippen LogP contribution in [0.25, 0.3) is 10.9 Å². The number of carbonyl (C=O) groups is 1. The van der Waals surface area contributed by atoms with E-state index in [4.69, 9.17) is 23.2 Å². The molecule has 0 saturated heterocycles. The highest BCUT2D eigenvalue weighted by molar-refractivity contribution is 6.44. The molecular formula is C19H16Cl2N2O3. The van der Waals surface area contributed by atoms with E-state index in [2.05, 4.69) is 5.32 Å². The van der Waals surface area contributed by atoms with Crippen LogP contribution in [0.5, 0.6) is 5.75 Å². The number of hydrogen-bond donors (Lipinski definition) is 2. The number of amides is 1. The van der Waals surface area contributed by atoms with Gasteiger partial charge < -0.3 is 15.0 Å². The van der Waals surface area contributed by atoms with Gasteiger partial charge in [-0.1, -0.05) is 48.3 Å². The number of carbonyl (C=O) groups excluding carboxylic acids is 1. The first-order valence-corrected chi connectivity index (χ1v) is 8.81. The van der Waals surface area contributed by atoms with E-state index in [1.54, 1.807) is 42.5 Å². The van der Waals surface area contributed by atoms with Crippen molar-refractivity contribution < 1.29 is 9.90 Å². The molecule has 0 spiro atoms. The number of rotatable bonds is 4. The summed E-state index contributed by atoms with van der Waals surface area (Å²) in [6.45, 7) is 2.36. The fourth-order valence-electron chi connectivity index (χ4n) is 2.82. The number of halogens is 2. The van der Waals surface area contributed by atoms with Crippen LogP contribution >= 0.6 is 23.2 Å². The molecule has 1 amide bonds. The Labute approximate surface area is 159 Å². The van der Waals surface area contributed by atoms with Crippen molar-refractivity contribution >= 4 is 45.7 Å². The first kappa shape index (κ1) is 18.3. The predicted octanol–water partition coefficient (Wildman–Crippen LogP) is 4.68. The van der Waals surface area contributed by atoms with Crippen molar-refractivity contribution in [3.8, 4) is 5.75 Å². The molecule has 0 aliphatic carbocycles. The summed E-state index contributed by atoms with van der Waals surface area (Å²) in [6.07, 6.45) is 0.704. The summed E-state index contributed by atoms with van der Waals surface area (Å²) in [7, 11) is 0. The Hall–Kier alpha value is -2.50. The van der Waals surface area contributed by atoms with Gasteiger partial charge >= 0.3 is 0 Å². The van der Waals surface area contributed by atoms with Crippen molar-refractivity contribution in [2.24, 2.45) is 0 Å². The third-order valence-electron chi connectivity index (χ3n) is 4.02. The number of anilines is 1. The van der Waals surface area contributed by atoms with Gasteiger partial charge in [-0.2, -0.15) is 0 Å². The van der Waals surface area contributed by atoms with Gasteiger partial charge in [-0.25, -0.2) is 0 Å². The maximum Gasteiger partial charge on any atom is 0.267 e. The summed E-state index contributed by atoms with van der Waals surface area (Å²) >= 11 is 12.0. The minimum atomic E-state index is -0.743. The van der Waals surface area contributed by atoms with Gasteiger partial charge in [0.05, 0.1) is 21.2 Å². The van der Waals surface area contributed by atoms with Crippen LogP contribution in [0, 0.1) is 0 Å². The number of hydrogen-bond acceptors (Lipinski definition) is 3. The molecule has 134 valence electrons. The number of fused-ring (bicyclic) bond motifs is 1. The minimum absolute atomic E-state index is 0.164. The molecule has 0 unspecified atom stereocenters. The summed E-state index contributed by atoms with van der Waals surface area (Å²) in [4.78, 5) is 25.6. The molecule has 0 aliphatic heterocycles. The topological polar surface area (TPSA) is 71.3 Å². The lowest BCUT2D eigenvalue weighted by Gasteiger charge is -2.15. The molecule has 7 heteroatoms. The maximum atomic E-state index is 12.9. The molecule has 2 aromatic carbocycles. The Bertz CT molecular complexity index is 1060. The van der Waals surface area contributed by atoms with Crippen molar-refractivity contribution in [2.75, 3.05) is 5.32 Å². The highest BCUT2D eigenvalue weighted by Crippen LogP contribution is 2.31.